The minimum Gasteiger partial charge on any atom is -0.506 e. The monoisotopic (exact) mass is 314 g/mol. The van der Waals surface area contributed by atoms with E-state index in [1.165, 1.54) is 12.1 Å². The van der Waals surface area contributed by atoms with Crippen LogP contribution < -0.4 is 0 Å². The number of benzene rings is 2. The van der Waals surface area contributed by atoms with Crippen LogP contribution in [0.1, 0.15) is 27.6 Å². The van der Waals surface area contributed by atoms with E-state index in [0.717, 1.165) is 6.07 Å². The Bertz CT molecular complexity index is 754. The van der Waals surface area contributed by atoms with Crippen LogP contribution in [0.3, 0.4) is 0 Å². The van der Waals surface area contributed by atoms with Crippen molar-refractivity contribution in [2.75, 3.05) is 6.61 Å². The largest absolute Gasteiger partial charge is 0.506 e. The highest BCUT2D eigenvalue weighted by atomic mass is 16.5. The van der Waals surface area contributed by atoms with Gasteiger partial charge >= 0.3 is 11.9 Å². The van der Waals surface area contributed by atoms with Gasteiger partial charge in [0.2, 0.25) is 0 Å². The van der Waals surface area contributed by atoms with Gasteiger partial charge in [-0.05, 0) is 49.4 Å². The van der Waals surface area contributed by atoms with Crippen LogP contribution in [0.5, 0.6) is 5.75 Å². The van der Waals surface area contributed by atoms with E-state index in [2.05, 4.69) is 10.2 Å². The van der Waals surface area contributed by atoms with Crippen LogP contribution in [0.2, 0.25) is 0 Å². The summed E-state index contributed by atoms with van der Waals surface area (Å²) in [5.74, 6) is -1.84. The minimum absolute atomic E-state index is 0.0414. The van der Waals surface area contributed by atoms with E-state index in [9.17, 15) is 14.7 Å². The number of ether oxygens (including phenoxy) is 1. The first kappa shape index (κ1) is 16.2. The number of rotatable bonds is 5. The second-order valence-corrected chi connectivity index (χ2v) is 4.48. The molecule has 7 nitrogen and oxygen atoms in total. The van der Waals surface area contributed by atoms with Gasteiger partial charge in [-0.25, -0.2) is 9.59 Å². The lowest BCUT2D eigenvalue weighted by atomic mass is 10.2. The SMILES string of the molecule is CCOC(=O)c1ccc(N=Nc2ccc(C(=O)O)cc2O)cc1. The van der Waals surface area contributed by atoms with E-state index < -0.39 is 11.9 Å². The summed E-state index contributed by atoms with van der Waals surface area (Å²) in [5.41, 5.74) is 0.976. The number of azo groups is 1. The lowest BCUT2D eigenvalue weighted by Gasteiger charge is -2.02. The number of phenolic OH excluding ortho intramolecular Hbond substituents is 1. The van der Waals surface area contributed by atoms with Gasteiger partial charge in [-0.3, -0.25) is 0 Å². The van der Waals surface area contributed by atoms with Gasteiger partial charge in [0.25, 0.3) is 0 Å². The summed E-state index contributed by atoms with van der Waals surface area (Å²) in [6, 6.07) is 10.0. The lowest BCUT2D eigenvalue weighted by Crippen LogP contribution is -2.03. The van der Waals surface area contributed by atoms with Crippen molar-refractivity contribution in [2.45, 2.75) is 6.92 Å². The van der Waals surface area contributed by atoms with Crippen LogP contribution in [0, 0.1) is 0 Å². The number of nitrogens with zero attached hydrogens (tertiary/aromatic N) is 2. The topological polar surface area (TPSA) is 109 Å². The third-order valence-corrected chi connectivity index (χ3v) is 2.87. The molecular formula is C16H14N2O5. The highest BCUT2D eigenvalue weighted by Crippen LogP contribution is 2.29. The highest BCUT2D eigenvalue weighted by Gasteiger charge is 2.08. The van der Waals surface area contributed by atoms with Gasteiger partial charge in [0.1, 0.15) is 11.4 Å². The number of carbonyl (C=O) groups excluding carboxylic acids is 1. The fraction of sp³-hybridized carbons (Fsp3) is 0.125. The van der Waals surface area contributed by atoms with Crippen molar-refractivity contribution in [1.82, 2.24) is 0 Å². The van der Waals surface area contributed by atoms with Crippen LogP contribution in [0.25, 0.3) is 0 Å². The quantitative estimate of drug-likeness (QED) is 0.646. The first-order valence-electron chi connectivity index (χ1n) is 6.76. The predicted molar refractivity (Wildman–Crippen MR) is 81.6 cm³/mol. The molecule has 2 aromatic rings. The van der Waals surface area contributed by atoms with E-state index >= 15 is 0 Å². The Morgan fingerprint density at radius 2 is 1.70 bits per heavy atom. The number of hydrogen-bond donors (Lipinski definition) is 2. The van der Waals surface area contributed by atoms with Crippen LogP contribution in [0.4, 0.5) is 11.4 Å². The second-order valence-electron chi connectivity index (χ2n) is 4.48. The molecule has 0 aliphatic rings. The smallest absolute Gasteiger partial charge is 0.338 e. The molecule has 0 unspecified atom stereocenters. The fourth-order valence-electron chi connectivity index (χ4n) is 1.73. The molecule has 7 heteroatoms. The number of aromatic hydroxyl groups is 1. The molecule has 0 amide bonds. The number of carboxylic acid groups (broad SMARTS) is 1. The van der Waals surface area contributed by atoms with Crippen molar-refractivity contribution >= 4 is 23.3 Å². The number of carboxylic acids is 1. The molecule has 0 saturated carbocycles. The Kier molecular flexibility index (Phi) is 5.03. The zero-order valence-corrected chi connectivity index (χ0v) is 12.3. The Hall–Kier alpha value is -3.22. The van der Waals surface area contributed by atoms with E-state index in [4.69, 9.17) is 9.84 Å². The molecule has 0 spiro atoms. The van der Waals surface area contributed by atoms with Gasteiger partial charge in [0.15, 0.2) is 0 Å². The molecule has 0 aromatic heterocycles. The van der Waals surface area contributed by atoms with Gasteiger partial charge in [0, 0.05) is 0 Å². The van der Waals surface area contributed by atoms with Gasteiger partial charge in [-0.15, -0.1) is 5.11 Å². The Morgan fingerprint density at radius 3 is 2.26 bits per heavy atom. The molecule has 0 heterocycles. The van der Waals surface area contributed by atoms with Crippen LogP contribution in [-0.2, 0) is 4.74 Å². The number of phenols is 1. The molecule has 0 radical (unpaired) electrons. The normalized spacial score (nSPS) is 10.7. The van der Waals surface area contributed by atoms with E-state index in [1.807, 2.05) is 0 Å². The van der Waals surface area contributed by atoms with Gasteiger partial charge < -0.3 is 14.9 Å². The predicted octanol–water partition coefficient (Wildman–Crippen LogP) is 3.68. The molecule has 2 aromatic carbocycles. The molecule has 0 saturated heterocycles. The van der Waals surface area contributed by atoms with Crippen molar-refractivity contribution in [3.63, 3.8) is 0 Å². The highest BCUT2D eigenvalue weighted by molar-refractivity contribution is 5.90. The fourth-order valence-corrected chi connectivity index (χ4v) is 1.73. The van der Waals surface area contributed by atoms with Gasteiger partial charge in [-0.1, -0.05) is 0 Å². The summed E-state index contributed by atoms with van der Waals surface area (Å²) < 4.78 is 4.87. The maximum atomic E-state index is 11.5. The first-order chi connectivity index (χ1) is 11.0. The summed E-state index contributed by atoms with van der Waals surface area (Å²) in [7, 11) is 0. The van der Waals surface area contributed by atoms with Crippen molar-refractivity contribution in [2.24, 2.45) is 10.2 Å². The number of esters is 1. The standard InChI is InChI=1S/C16H14N2O5/c1-2-23-16(22)10-3-6-12(7-4-10)17-18-13-8-5-11(15(20)21)9-14(13)19/h3-9,19H,2H2,1H3,(H,20,21). The maximum Gasteiger partial charge on any atom is 0.338 e. The number of hydrogen-bond acceptors (Lipinski definition) is 6. The molecule has 0 atom stereocenters. The van der Waals surface area contributed by atoms with E-state index in [-0.39, 0.29) is 17.0 Å². The summed E-state index contributed by atoms with van der Waals surface area (Å²) in [4.78, 5) is 22.3. The minimum atomic E-state index is -1.14. The summed E-state index contributed by atoms with van der Waals surface area (Å²) in [6.07, 6.45) is 0. The van der Waals surface area contributed by atoms with Crippen LogP contribution in [0.15, 0.2) is 52.7 Å². The zero-order valence-electron chi connectivity index (χ0n) is 12.3. The third-order valence-electron chi connectivity index (χ3n) is 2.87. The lowest BCUT2D eigenvalue weighted by molar-refractivity contribution is 0.0526. The van der Waals surface area contributed by atoms with Crippen molar-refractivity contribution in [1.29, 1.82) is 0 Å². The molecule has 0 fully saturated rings. The number of carbonyl (C=O) groups is 2. The maximum absolute atomic E-state index is 11.5. The zero-order chi connectivity index (χ0) is 16.8. The van der Waals surface area contributed by atoms with Gasteiger partial charge in [-0.2, -0.15) is 5.11 Å². The molecule has 2 N–H and O–H groups in total. The average molecular weight is 314 g/mol. The third kappa shape index (κ3) is 4.13. The average Bonchev–Trinajstić information content (AvgIpc) is 2.54. The van der Waals surface area contributed by atoms with Gasteiger partial charge in [0.05, 0.1) is 23.4 Å². The molecule has 23 heavy (non-hydrogen) atoms. The van der Waals surface area contributed by atoms with Crippen molar-refractivity contribution in [3.8, 4) is 5.75 Å². The number of aromatic carboxylic acids is 1. The summed E-state index contributed by atoms with van der Waals surface area (Å²) in [6.45, 7) is 2.02. The summed E-state index contributed by atoms with van der Waals surface area (Å²) >= 11 is 0. The molecular weight excluding hydrogens is 300 g/mol. The molecule has 0 aliphatic heterocycles. The second kappa shape index (κ2) is 7.17. The van der Waals surface area contributed by atoms with Crippen LogP contribution in [-0.4, -0.2) is 28.8 Å². The van der Waals surface area contributed by atoms with Crippen LogP contribution >= 0.6 is 0 Å². The van der Waals surface area contributed by atoms with Crippen molar-refractivity contribution < 1.29 is 24.5 Å². The Morgan fingerprint density at radius 1 is 1.04 bits per heavy atom. The van der Waals surface area contributed by atoms with E-state index in [0.29, 0.717) is 17.9 Å². The molecule has 0 bridgehead atoms. The first-order valence-corrected chi connectivity index (χ1v) is 6.76. The molecule has 0 aliphatic carbocycles. The van der Waals surface area contributed by atoms with Crippen molar-refractivity contribution in [3.05, 3.63) is 53.6 Å². The molecule has 118 valence electrons. The Labute approximate surface area is 131 Å². The molecule has 2 rings (SSSR count). The Balaban J connectivity index is 2.14. The van der Waals surface area contributed by atoms with E-state index in [1.54, 1.807) is 31.2 Å². The summed E-state index contributed by atoms with van der Waals surface area (Å²) in [5, 5.41) is 26.3.